The molecule has 0 bridgehead atoms. The number of carbonyl (C=O) groups excluding carboxylic acids is 6. The van der Waals surface area contributed by atoms with Crippen LogP contribution in [-0.2, 0) is 51.8 Å². The summed E-state index contributed by atoms with van der Waals surface area (Å²) < 4.78 is 39.3. The zero-order valence-electron chi connectivity index (χ0n) is 31.5. The van der Waals surface area contributed by atoms with Crippen LogP contribution < -0.4 is 20.7 Å². The molecule has 1 saturated heterocycles. The number of hydrogen-bond donors (Lipinski definition) is 4. The average molecular weight is 815 g/mol. The van der Waals surface area contributed by atoms with Crippen LogP contribution in [0.2, 0.25) is 0 Å². The molecule has 20 heteroatoms. The van der Waals surface area contributed by atoms with Gasteiger partial charge >= 0.3 is 12.2 Å². The van der Waals surface area contributed by atoms with Gasteiger partial charge in [-0.3, -0.25) is 24.1 Å². The fourth-order valence-corrected chi connectivity index (χ4v) is 9.06. The first-order chi connectivity index (χ1) is 26.4. The van der Waals surface area contributed by atoms with Gasteiger partial charge in [-0.15, -0.1) is 10.2 Å². The number of benzene rings is 1. The number of nitrogens with one attached hydrogen (secondary N) is 4. The zero-order valence-corrected chi connectivity index (χ0v) is 33.2. The van der Waals surface area contributed by atoms with Crippen LogP contribution in [0.4, 0.5) is 14.7 Å². The normalized spacial score (nSPS) is 25.4. The first kappa shape index (κ1) is 40.6. The lowest BCUT2D eigenvalue weighted by atomic mass is 10.0. The van der Waals surface area contributed by atoms with Crippen molar-refractivity contribution < 1.29 is 46.7 Å². The Morgan fingerprint density at radius 2 is 1.75 bits per heavy atom. The minimum atomic E-state index is -4.59. The molecule has 3 aliphatic heterocycles. The minimum Gasteiger partial charge on any atom is -0.444 e. The summed E-state index contributed by atoms with van der Waals surface area (Å²) in [6, 6.07) is 5.25. The van der Waals surface area contributed by atoms with Gasteiger partial charge in [0.15, 0.2) is 0 Å². The molecule has 6 amide bonds. The third-order valence-corrected chi connectivity index (χ3v) is 12.4. The van der Waals surface area contributed by atoms with Crippen LogP contribution in [0.3, 0.4) is 0 Å². The number of amides is 6. The number of rotatable bonds is 6. The van der Waals surface area contributed by atoms with Gasteiger partial charge in [0.05, 0.1) is 6.54 Å². The second-order valence-electron chi connectivity index (χ2n) is 15.4. The first-order valence-corrected chi connectivity index (χ1v) is 20.7. The molecular formula is C36H46N8O10S2. The van der Waals surface area contributed by atoms with E-state index < -0.39 is 85.4 Å². The average Bonchev–Trinajstić information content (AvgIpc) is 3.50. The van der Waals surface area contributed by atoms with Gasteiger partial charge < -0.3 is 30.3 Å². The van der Waals surface area contributed by atoms with Crippen LogP contribution in [0, 0.1) is 5.92 Å². The molecule has 302 valence electrons. The number of ether oxygens (including phenoxy) is 2. The van der Waals surface area contributed by atoms with Crippen LogP contribution >= 0.6 is 11.3 Å². The molecule has 5 atom stereocenters. The molecule has 18 nitrogen and oxygen atoms in total. The standard InChI is InChI=1S/C36H46N8O10S2/c1-21(45)37-31-40-41-33(55-31)56(51,52)42-30(48)36-17-24(36)14-8-6-5-7-9-15-26(38-32(49)54-35(2,3)4)29(47)44-20-25(16-27(44)28(46)39-36)53-34(50)43-18-22-12-10-11-13-23(22)19-43/h8,10-14,24-27H,5-7,9,15-20H2,1-4H3,(H,38,49)(H,39,46)(H,42,48)(H,37,40,45)/t24-,25+,26-,27-,36+/m0/s1. The van der Waals surface area contributed by atoms with Crippen LogP contribution in [-0.4, -0.2) is 100 Å². The van der Waals surface area contributed by atoms with E-state index in [1.807, 2.05) is 35.1 Å². The van der Waals surface area contributed by atoms with Gasteiger partial charge in [0.25, 0.3) is 20.3 Å². The Bertz CT molecular complexity index is 2010. The van der Waals surface area contributed by atoms with Gasteiger partial charge in [0, 0.05) is 32.4 Å². The van der Waals surface area contributed by atoms with Crippen LogP contribution in [0.25, 0.3) is 0 Å². The Kier molecular flexibility index (Phi) is 11.7. The van der Waals surface area contributed by atoms with Gasteiger partial charge in [-0.25, -0.2) is 14.3 Å². The predicted octanol–water partition coefficient (Wildman–Crippen LogP) is 2.71. The smallest absolute Gasteiger partial charge is 0.410 e. The number of fused-ring (bicyclic) bond motifs is 3. The van der Waals surface area contributed by atoms with Crippen molar-refractivity contribution in [3.05, 3.63) is 47.5 Å². The zero-order chi connectivity index (χ0) is 40.4. The van der Waals surface area contributed by atoms with Crippen molar-refractivity contribution in [1.82, 2.24) is 35.4 Å². The van der Waals surface area contributed by atoms with E-state index in [0.29, 0.717) is 43.7 Å². The second-order valence-corrected chi connectivity index (χ2v) is 18.2. The Morgan fingerprint density at radius 1 is 1.04 bits per heavy atom. The van der Waals surface area contributed by atoms with E-state index in [9.17, 15) is 37.2 Å². The van der Waals surface area contributed by atoms with E-state index in [2.05, 4.69) is 26.1 Å². The molecule has 6 rings (SSSR count). The van der Waals surface area contributed by atoms with Crippen LogP contribution in [0.5, 0.6) is 0 Å². The van der Waals surface area contributed by atoms with E-state index in [1.165, 1.54) is 16.7 Å². The summed E-state index contributed by atoms with van der Waals surface area (Å²) in [5.41, 5.74) is -0.610. The van der Waals surface area contributed by atoms with Crippen molar-refractivity contribution in [2.24, 2.45) is 5.92 Å². The highest BCUT2D eigenvalue weighted by atomic mass is 32.2. The highest BCUT2D eigenvalue weighted by molar-refractivity contribution is 7.92. The maximum absolute atomic E-state index is 14.4. The number of hydrogen-bond acceptors (Lipinski definition) is 13. The number of allylic oxidation sites excluding steroid dienone is 1. The molecule has 2 aromatic rings. The fraction of sp³-hybridized carbons (Fsp3) is 0.556. The lowest BCUT2D eigenvalue weighted by Gasteiger charge is -2.30. The molecule has 0 unspecified atom stereocenters. The van der Waals surface area contributed by atoms with Gasteiger partial charge in [-0.2, -0.15) is 8.42 Å². The summed E-state index contributed by atoms with van der Waals surface area (Å²) in [5, 5.41) is 14.9. The monoisotopic (exact) mass is 814 g/mol. The summed E-state index contributed by atoms with van der Waals surface area (Å²) in [7, 11) is -4.59. The van der Waals surface area contributed by atoms with Crippen molar-refractivity contribution in [3.63, 3.8) is 0 Å². The van der Waals surface area contributed by atoms with E-state index >= 15 is 0 Å². The Balaban J connectivity index is 1.25. The predicted molar refractivity (Wildman–Crippen MR) is 200 cm³/mol. The largest absolute Gasteiger partial charge is 0.444 e. The van der Waals surface area contributed by atoms with Gasteiger partial charge in [0.1, 0.15) is 29.3 Å². The fourth-order valence-electron chi connectivity index (χ4n) is 7.07. The van der Waals surface area contributed by atoms with Crippen LogP contribution in [0.1, 0.15) is 83.8 Å². The van der Waals surface area contributed by atoms with Crippen LogP contribution in [0.15, 0.2) is 40.8 Å². The maximum Gasteiger partial charge on any atom is 0.410 e. The number of nitrogens with zero attached hydrogens (tertiary/aromatic N) is 4. The van der Waals surface area contributed by atoms with Gasteiger partial charge in [0.2, 0.25) is 22.9 Å². The van der Waals surface area contributed by atoms with Crippen molar-refractivity contribution >= 4 is 62.3 Å². The minimum absolute atomic E-state index is 0.0568. The van der Waals surface area contributed by atoms with E-state index in [-0.39, 0.29) is 30.9 Å². The second kappa shape index (κ2) is 16.2. The number of anilines is 1. The molecule has 4 N–H and O–H groups in total. The molecule has 1 aromatic heterocycles. The lowest BCUT2D eigenvalue weighted by molar-refractivity contribution is -0.141. The third kappa shape index (κ3) is 9.46. The molecule has 1 aromatic carbocycles. The summed E-state index contributed by atoms with van der Waals surface area (Å²) in [6.07, 6.45) is 4.00. The molecule has 0 radical (unpaired) electrons. The molecule has 0 spiro atoms. The highest BCUT2D eigenvalue weighted by Crippen LogP contribution is 2.46. The number of sulfonamides is 1. The molecule has 56 heavy (non-hydrogen) atoms. The Hall–Kier alpha value is -5.11. The number of carbonyl (C=O) groups is 6. The summed E-state index contributed by atoms with van der Waals surface area (Å²) in [6.45, 7) is 6.77. The first-order valence-electron chi connectivity index (χ1n) is 18.4. The maximum atomic E-state index is 14.4. The molecule has 2 fully saturated rings. The van der Waals surface area contributed by atoms with Crippen molar-refractivity contribution in [3.8, 4) is 0 Å². The van der Waals surface area contributed by atoms with E-state index in [0.717, 1.165) is 17.5 Å². The Morgan fingerprint density at radius 3 is 2.43 bits per heavy atom. The van der Waals surface area contributed by atoms with Crippen molar-refractivity contribution in [2.45, 2.75) is 119 Å². The topological polar surface area (TPSA) is 235 Å². The third-order valence-electron chi connectivity index (χ3n) is 9.85. The van der Waals surface area contributed by atoms with Crippen molar-refractivity contribution in [1.29, 1.82) is 0 Å². The summed E-state index contributed by atoms with van der Waals surface area (Å²) in [5.74, 6) is -3.49. The number of aromatic nitrogens is 2. The number of alkyl carbamates (subject to hydrolysis) is 1. The lowest BCUT2D eigenvalue weighted by Crippen LogP contribution is -2.58. The molecule has 4 aliphatic rings. The summed E-state index contributed by atoms with van der Waals surface area (Å²) >= 11 is 0.539. The quantitative estimate of drug-likeness (QED) is 0.244. The molecule has 1 aliphatic carbocycles. The SMILES string of the molecule is CC(=O)Nc1nnc(S(=O)(=O)NC(=O)[C@@]23C[C@@H]2C=CCCCCC[C@H](NC(=O)OC(C)(C)C)C(=O)N2C[C@H](OC(=O)N4Cc5ccccc5C4)C[C@H]2C(=O)N3)s1. The van der Waals surface area contributed by atoms with E-state index in [4.69, 9.17) is 9.47 Å². The molecular weight excluding hydrogens is 769 g/mol. The summed E-state index contributed by atoms with van der Waals surface area (Å²) in [4.78, 5) is 83.2. The Labute approximate surface area is 328 Å². The molecule has 4 heterocycles. The van der Waals surface area contributed by atoms with Gasteiger partial charge in [-0.1, -0.05) is 60.6 Å². The van der Waals surface area contributed by atoms with E-state index in [1.54, 1.807) is 26.8 Å². The molecule has 1 saturated carbocycles. The highest BCUT2D eigenvalue weighted by Gasteiger charge is 2.62. The van der Waals surface area contributed by atoms with Crippen molar-refractivity contribution in [2.75, 3.05) is 11.9 Å². The van der Waals surface area contributed by atoms with Gasteiger partial charge in [-0.05, 0) is 57.6 Å².